The molecular weight excluding hydrogens is 1050 g/mol. The van der Waals surface area contributed by atoms with Gasteiger partial charge in [-0.25, -0.2) is 0 Å². The SMILES string of the molecule is CC(C)[C@H](NC(=O)[C@H](CC(=O)O)NC(=O)[C@@H](NC(=O)[C@@H]1CCCN1C(=O)[C@@H](NC(=O)[C@@H](N)Cc1ccccc1)C(C)C)[C@@H](C)O)C(=O)NCC(=O)N[C@H]1C[C@H]2CCC[C@@H](C(=O)N[C@@H](C)C(=O)N[C@@H](Cc3ccccc3)C(N)=O)N2C1=O. The number of amides is 11. The number of carboxylic acid groups (broad SMARTS) is 1. The molecule has 5 rings (SSSR count). The molecular formula is C55H78N12O14. The first-order valence-corrected chi connectivity index (χ1v) is 27.3. The van der Waals surface area contributed by atoms with Gasteiger partial charge in [-0.05, 0) is 81.8 Å². The molecule has 0 unspecified atom stereocenters. The van der Waals surface area contributed by atoms with Crippen LogP contribution in [-0.2, 0) is 70.4 Å². The molecule has 442 valence electrons. The predicted octanol–water partition coefficient (Wildman–Crippen LogP) is -2.87. The average molecular weight is 1130 g/mol. The van der Waals surface area contributed by atoms with Gasteiger partial charge >= 0.3 is 5.97 Å². The number of likely N-dealkylation sites (tertiary alicyclic amines) is 1. The van der Waals surface area contributed by atoms with E-state index < -0.39 is 168 Å². The largest absolute Gasteiger partial charge is 0.481 e. The highest BCUT2D eigenvalue weighted by Gasteiger charge is 2.48. The van der Waals surface area contributed by atoms with Crippen LogP contribution in [0.4, 0.5) is 0 Å². The molecule has 81 heavy (non-hydrogen) atoms. The molecule has 0 spiro atoms. The fourth-order valence-electron chi connectivity index (χ4n) is 10.1. The Labute approximate surface area is 469 Å². The van der Waals surface area contributed by atoms with Crippen molar-refractivity contribution in [1.29, 1.82) is 0 Å². The molecule has 3 heterocycles. The van der Waals surface area contributed by atoms with Gasteiger partial charge in [-0.15, -0.1) is 0 Å². The molecule has 11 amide bonds. The number of carbonyl (C=O) groups is 12. The fraction of sp³-hybridized carbons (Fsp3) is 0.564. The van der Waals surface area contributed by atoms with Crippen molar-refractivity contribution in [3.8, 4) is 0 Å². The minimum atomic E-state index is -1.86. The van der Waals surface area contributed by atoms with Crippen LogP contribution in [0, 0.1) is 11.8 Å². The third kappa shape index (κ3) is 17.7. The Morgan fingerprint density at radius 2 is 1.20 bits per heavy atom. The molecule has 12 atom stereocenters. The average Bonchev–Trinajstić information content (AvgIpc) is 4.09. The highest BCUT2D eigenvalue weighted by molar-refractivity contribution is 6.00. The summed E-state index contributed by atoms with van der Waals surface area (Å²) in [6.07, 6.45) is -0.259. The van der Waals surface area contributed by atoms with E-state index in [2.05, 4.69) is 42.5 Å². The Balaban J connectivity index is 1.14. The molecule has 0 aromatic heterocycles. The zero-order chi connectivity index (χ0) is 59.8. The van der Waals surface area contributed by atoms with Crippen LogP contribution < -0.4 is 54.0 Å². The molecule has 0 saturated carbocycles. The van der Waals surface area contributed by atoms with Crippen LogP contribution in [0.25, 0.3) is 0 Å². The van der Waals surface area contributed by atoms with E-state index in [0.717, 1.165) is 11.1 Å². The van der Waals surface area contributed by atoms with Crippen molar-refractivity contribution in [2.24, 2.45) is 23.3 Å². The van der Waals surface area contributed by atoms with Gasteiger partial charge in [0.2, 0.25) is 65.0 Å². The van der Waals surface area contributed by atoms with Gasteiger partial charge in [0.15, 0.2) is 0 Å². The van der Waals surface area contributed by atoms with Gasteiger partial charge in [0.1, 0.15) is 54.4 Å². The summed E-state index contributed by atoms with van der Waals surface area (Å²) in [6, 6.07) is 5.04. The molecule has 26 nitrogen and oxygen atoms in total. The zero-order valence-electron chi connectivity index (χ0n) is 46.5. The van der Waals surface area contributed by atoms with E-state index >= 15 is 0 Å². The molecule has 2 aromatic rings. The number of nitrogens with two attached hydrogens (primary N) is 2. The van der Waals surface area contributed by atoms with Crippen molar-refractivity contribution >= 4 is 70.9 Å². The van der Waals surface area contributed by atoms with Crippen LogP contribution in [-0.4, -0.2) is 177 Å². The van der Waals surface area contributed by atoms with Crippen LogP contribution in [0.2, 0.25) is 0 Å². The minimum Gasteiger partial charge on any atom is -0.481 e. The van der Waals surface area contributed by atoms with Crippen molar-refractivity contribution in [3.63, 3.8) is 0 Å². The Morgan fingerprint density at radius 3 is 1.78 bits per heavy atom. The van der Waals surface area contributed by atoms with Crippen LogP contribution in [0.1, 0.15) is 97.6 Å². The second kappa shape index (κ2) is 29.5. The van der Waals surface area contributed by atoms with Crippen LogP contribution in [0.3, 0.4) is 0 Å². The smallest absolute Gasteiger partial charge is 0.305 e. The normalized spacial score (nSPS) is 20.6. The number of carboxylic acids is 1. The molecule has 2 aromatic carbocycles. The van der Waals surface area contributed by atoms with Crippen molar-refractivity contribution in [1.82, 2.24) is 52.3 Å². The van der Waals surface area contributed by atoms with Crippen molar-refractivity contribution < 1.29 is 67.7 Å². The van der Waals surface area contributed by atoms with Gasteiger partial charge in [0.05, 0.1) is 25.1 Å². The van der Waals surface area contributed by atoms with Gasteiger partial charge in [-0.2, -0.15) is 0 Å². The van der Waals surface area contributed by atoms with E-state index in [1.54, 1.807) is 70.2 Å². The lowest BCUT2D eigenvalue weighted by molar-refractivity contribution is -0.144. The Hall–Kier alpha value is -8.00. The Kier molecular flexibility index (Phi) is 23.2. The third-order valence-corrected chi connectivity index (χ3v) is 14.6. The number of primary amides is 1. The zero-order valence-corrected chi connectivity index (χ0v) is 46.5. The Morgan fingerprint density at radius 1 is 0.630 bits per heavy atom. The summed E-state index contributed by atoms with van der Waals surface area (Å²) in [5.41, 5.74) is 13.3. The number of aliphatic hydroxyl groups excluding tert-OH is 1. The molecule has 26 heteroatoms. The summed E-state index contributed by atoms with van der Waals surface area (Å²) in [5, 5.41) is 40.5. The number of hydrogen-bond acceptors (Lipinski definition) is 14. The second-order valence-corrected chi connectivity index (χ2v) is 21.6. The van der Waals surface area contributed by atoms with E-state index in [0.29, 0.717) is 19.3 Å². The lowest BCUT2D eigenvalue weighted by Gasteiger charge is -2.37. The first kappa shape index (κ1) is 63.8. The maximum Gasteiger partial charge on any atom is 0.305 e. The fourth-order valence-corrected chi connectivity index (χ4v) is 10.1. The number of fused-ring (bicyclic) bond motifs is 1. The van der Waals surface area contributed by atoms with Crippen molar-refractivity contribution in [2.45, 2.75) is 172 Å². The van der Waals surface area contributed by atoms with Gasteiger partial charge in [0, 0.05) is 19.0 Å². The summed E-state index contributed by atoms with van der Waals surface area (Å²) in [6.45, 7) is 8.55. The van der Waals surface area contributed by atoms with Crippen LogP contribution >= 0.6 is 0 Å². The molecule has 3 aliphatic rings. The van der Waals surface area contributed by atoms with Gasteiger partial charge < -0.3 is 74.0 Å². The van der Waals surface area contributed by atoms with E-state index in [-0.39, 0.29) is 38.6 Å². The number of aliphatic hydroxyl groups is 1. The highest BCUT2D eigenvalue weighted by Crippen LogP contribution is 2.32. The molecule has 3 fully saturated rings. The van der Waals surface area contributed by atoms with E-state index in [4.69, 9.17) is 11.5 Å². The summed E-state index contributed by atoms with van der Waals surface area (Å²) >= 11 is 0. The van der Waals surface area contributed by atoms with Gasteiger partial charge in [-0.3, -0.25) is 57.5 Å². The van der Waals surface area contributed by atoms with Crippen molar-refractivity contribution in [2.75, 3.05) is 13.1 Å². The predicted molar refractivity (Wildman–Crippen MR) is 291 cm³/mol. The van der Waals surface area contributed by atoms with Gasteiger partial charge in [-0.1, -0.05) is 88.4 Å². The standard InChI is InChI=1S/C55H78N12O14/c1-28(2)43(52(78)58-27-41(69)60-38-25-34-19-13-20-40(67(34)54(38)80)51(77)59-30(5)47(73)61-36(46(57)72)24-33-17-11-8-12-18-33)63-49(75)37(26-42(70)71)62-53(79)45(31(6)68)65-50(76)39-21-14-22-66(39)55(81)44(29(3)4)64-48(74)35(56)23-32-15-9-7-10-16-32/h7-12,15-18,28-31,34-40,43-45,68H,13-14,19-27,56H2,1-6H3,(H2,57,72)(H,58,78)(H,59,77)(H,60,69)(H,61,73)(H,62,79)(H,63,75)(H,64,74)(H,65,76)(H,70,71)/t30-,31+,34+,35-,36-,37-,38-,39-,40-,43-,44-,45-/m0/s1. The molecule has 3 aliphatic heterocycles. The number of nitrogens with one attached hydrogen (secondary N) is 8. The monoisotopic (exact) mass is 1130 g/mol. The number of carbonyl (C=O) groups excluding carboxylic acids is 11. The number of nitrogens with zero attached hydrogens (tertiary/aromatic N) is 2. The van der Waals surface area contributed by atoms with Gasteiger partial charge in [0.25, 0.3) is 0 Å². The van der Waals surface area contributed by atoms with Crippen LogP contribution in [0.5, 0.6) is 0 Å². The molecule has 0 aliphatic carbocycles. The number of benzene rings is 2. The summed E-state index contributed by atoms with van der Waals surface area (Å²) < 4.78 is 0. The van der Waals surface area contributed by atoms with E-state index in [1.165, 1.54) is 23.6 Å². The number of piperidine rings is 1. The topological polar surface area (TPSA) is 400 Å². The summed E-state index contributed by atoms with van der Waals surface area (Å²) in [7, 11) is 0. The maximum absolute atomic E-state index is 14.0. The highest BCUT2D eigenvalue weighted by atomic mass is 16.4. The third-order valence-electron chi connectivity index (χ3n) is 14.6. The molecule has 3 saturated heterocycles. The second-order valence-electron chi connectivity index (χ2n) is 21.6. The lowest BCUT2D eigenvalue weighted by atomic mass is 9.95. The minimum absolute atomic E-state index is 0.125. The summed E-state index contributed by atoms with van der Waals surface area (Å²) in [5.74, 6) is -11.3. The number of aliphatic carboxylic acids is 1. The van der Waals surface area contributed by atoms with Crippen LogP contribution in [0.15, 0.2) is 60.7 Å². The number of hydrogen-bond donors (Lipinski definition) is 12. The van der Waals surface area contributed by atoms with Crippen molar-refractivity contribution in [3.05, 3.63) is 71.8 Å². The molecule has 14 N–H and O–H groups in total. The Bertz CT molecular complexity index is 2620. The van der Waals surface area contributed by atoms with E-state index in [9.17, 15) is 67.7 Å². The first-order valence-electron chi connectivity index (χ1n) is 27.3. The number of rotatable bonds is 27. The van der Waals surface area contributed by atoms with E-state index in [1.807, 2.05) is 18.2 Å². The maximum atomic E-state index is 14.0. The molecule has 0 radical (unpaired) electrons. The lowest BCUT2D eigenvalue weighted by Crippen LogP contribution is -2.62. The summed E-state index contributed by atoms with van der Waals surface area (Å²) in [4.78, 5) is 163. The first-order chi connectivity index (χ1) is 38.3. The quantitative estimate of drug-likeness (QED) is 0.0428. The molecule has 0 bridgehead atoms.